The van der Waals surface area contributed by atoms with Crippen molar-refractivity contribution in [3.05, 3.63) is 0 Å². The van der Waals surface area contributed by atoms with Crippen LogP contribution < -0.4 is 5.32 Å². The highest BCUT2D eigenvalue weighted by Gasteiger charge is 2.24. The first-order valence-electron chi connectivity index (χ1n) is 8.79. The maximum Gasteiger partial charge on any atom is 0.138 e. The van der Waals surface area contributed by atoms with Gasteiger partial charge in [0, 0.05) is 19.1 Å². The zero-order chi connectivity index (χ0) is 17.7. The first-order valence-corrected chi connectivity index (χ1v) is 8.79. The predicted octanol–water partition coefficient (Wildman–Crippen LogP) is 0.120. The Labute approximate surface area is 142 Å². The summed E-state index contributed by atoms with van der Waals surface area (Å²) < 4.78 is 0. The van der Waals surface area contributed by atoms with Crippen LogP contribution in [0.3, 0.4) is 0 Å². The number of piperidine rings is 1. The number of hydrogen-bond donors (Lipinski definition) is 2. The monoisotopic (exact) mass is 330 g/mol. The number of carbonyl (C=O) groups excluding carboxylic acids is 1. The second-order valence-corrected chi connectivity index (χ2v) is 6.59. The summed E-state index contributed by atoms with van der Waals surface area (Å²) in [7, 11) is 7.90. The summed E-state index contributed by atoms with van der Waals surface area (Å²) in [5, 5.41) is 11.3. The molecule has 23 heavy (non-hydrogen) atoms. The van der Waals surface area contributed by atoms with Crippen molar-refractivity contribution in [2.75, 3.05) is 67.5 Å². The molecule has 6 heteroatoms. The van der Waals surface area contributed by atoms with Crippen molar-refractivity contribution in [1.82, 2.24) is 20.0 Å². The van der Waals surface area contributed by atoms with Crippen LogP contribution in [0, 0.1) is 0 Å². The van der Waals surface area contributed by atoms with E-state index in [0.717, 1.165) is 32.3 Å². The molecule has 0 saturated carbocycles. The number of aldehydes is 1. The van der Waals surface area contributed by atoms with Gasteiger partial charge in [-0.15, -0.1) is 0 Å². The van der Waals surface area contributed by atoms with Gasteiger partial charge in [-0.2, -0.15) is 0 Å². The lowest BCUT2D eigenvalue weighted by atomic mass is 10.0. The Balaban J connectivity index is 0.000000688. The molecule has 1 saturated heterocycles. The molecule has 0 radical (unpaired) electrons. The third-order valence-electron chi connectivity index (χ3n) is 4.23. The molecule has 6 nitrogen and oxygen atoms in total. The maximum absolute atomic E-state index is 10.9. The molecule has 1 aliphatic rings. The van der Waals surface area contributed by atoms with Crippen molar-refractivity contribution in [2.45, 2.75) is 38.3 Å². The lowest BCUT2D eigenvalue weighted by molar-refractivity contribution is -0.110. The molecule has 1 fully saturated rings. The summed E-state index contributed by atoms with van der Waals surface area (Å²) in [6.07, 6.45) is 4.64. The van der Waals surface area contributed by atoms with Crippen LogP contribution in [0.5, 0.6) is 0 Å². The first kappa shape index (κ1) is 22.5. The van der Waals surface area contributed by atoms with Gasteiger partial charge in [0.25, 0.3) is 0 Å². The largest absolute Gasteiger partial charge is 0.395 e. The Hall–Kier alpha value is -0.530. The zero-order valence-electron chi connectivity index (χ0n) is 15.8. The minimum atomic E-state index is -0.0267. The molecule has 0 spiro atoms. The van der Waals surface area contributed by atoms with Gasteiger partial charge >= 0.3 is 0 Å². The van der Waals surface area contributed by atoms with Crippen LogP contribution in [0.15, 0.2) is 0 Å². The third kappa shape index (κ3) is 10.8. The van der Waals surface area contributed by atoms with Gasteiger partial charge in [-0.3, -0.25) is 4.90 Å². The van der Waals surface area contributed by atoms with Gasteiger partial charge in [0.05, 0.1) is 12.6 Å². The molecule has 0 aromatic rings. The number of rotatable bonds is 9. The second-order valence-electron chi connectivity index (χ2n) is 6.59. The van der Waals surface area contributed by atoms with Crippen LogP contribution in [0.4, 0.5) is 0 Å². The molecule has 2 N–H and O–H groups in total. The quantitative estimate of drug-likeness (QED) is 0.586. The van der Waals surface area contributed by atoms with Gasteiger partial charge in [-0.25, -0.2) is 0 Å². The number of aliphatic hydroxyl groups is 1. The average molecular weight is 331 g/mol. The fraction of sp³-hybridized carbons (Fsp3) is 0.941. The smallest absolute Gasteiger partial charge is 0.138 e. The van der Waals surface area contributed by atoms with E-state index in [1.165, 1.54) is 25.9 Å². The standard InChI is InChI=1S/C13H27N3O.C4H11NO/c1-4-7-16(10-12(11-17)14-2)13-5-8-15(3)9-6-13;1-5(2)3-4-6/h11-14H,4-10H2,1-3H3;6H,3-4H2,1-2H3. The van der Waals surface area contributed by atoms with E-state index in [0.29, 0.717) is 6.04 Å². The van der Waals surface area contributed by atoms with E-state index in [9.17, 15) is 4.79 Å². The molecular formula is C17H38N4O2. The molecule has 1 aliphatic heterocycles. The Morgan fingerprint density at radius 2 is 1.91 bits per heavy atom. The van der Waals surface area contributed by atoms with Crippen LogP contribution in [0.2, 0.25) is 0 Å². The highest BCUT2D eigenvalue weighted by molar-refractivity contribution is 5.57. The van der Waals surface area contributed by atoms with E-state index in [1.54, 1.807) is 0 Å². The van der Waals surface area contributed by atoms with E-state index in [-0.39, 0.29) is 12.6 Å². The van der Waals surface area contributed by atoms with Gasteiger partial charge < -0.3 is 25.0 Å². The van der Waals surface area contributed by atoms with Crippen molar-refractivity contribution >= 4 is 6.29 Å². The lowest BCUT2D eigenvalue weighted by Crippen LogP contribution is -2.49. The van der Waals surface area contributed by atoms with Gasteiger partial charge in [-0.1, -0.05) is 6.92 Å². The molecule has 138 valence electrons. The van der Waals surface area contributed by atoms with E-state index < -0.39 is 0 Å². The van der Waals surface area contributed by atoms with Crippen molar-refractivity contribution in [1.29, 1.82) is 0 Å². The molecule has 1 heterocycles. The lowest BCUT2D eigenvalue weighted by Gasteiger charge is -2.38. The molecule has 0 amide bonds. The SMILES string of the molecule is CCCN(CC(C=O)NC)C1CCN(C)CC1.CN(C)CCO. The number of nitrogens with one attached hydrogen (secondary N) is 1. The van der Waals surface area contributed by atoms with Gasteiger partial charge in [0.2, 0.25) is 0 Å². The van der Waals surface area contributed by atoms with Crippen LogP contribution >= 0.6 is 0 Å². The topological polar surface area (TPSA) is 59.1 Å². The average Bonchev–Trinajstić information content (AvgIpc) is 2.53. The number of hydrogen-bond acceptors (Lipinski definition) is 6. The Morgan fingerprint density at radius 1 is 1.30 bits per heavy atom. The molecule has 1 rings (SSSR count). The van der Waals surface area contributed by atoms with E-state index >= 15 is 0 Å². The Bertz CT molecular complexity index is 282. The number of likely N-dealkylation sites (tertiary alicyclic amines) is 1. The van der Waals surface area contributed by atoms with Crippen LogP contribution in [-0.2, 0) is 4.79 Å². The highest BCUT2D eigenvalue weighted by Crippen LogP contribution is 2.16. The summed E-state index contributed by atoms with van der Waals surface area (Å²) in [4.78, 5) is 17.7. The normalized spacial score (nSPS) is 17.9. The summed E-state index contributed by atoms with van der Waals surface area (Å²) in [5.41, 5.74) is 0. The second kappa shape index (κ2) is 13.9. The Morgan fingerprint density at radius 3 is 2.26 bits per heavy atom. The third-order valence-corrected chi connectivity index (χ3v) is 4.23. The number of nitrogens with zero attached hydrogens (tertiary/aromatic N) is 3. The van der Waals surface area contributed by atoms with Gasteiger partial charge in [0.1, 0.15) is 6.29 Å². The minimum Gasteiger partial charge on any atom is -0.395 e. The number of carbonyl (C=O) groups is 1. The van der Waals surface area contributed by atoms with Crippen molar-refractivity contribution < 1.29 is 9.90 Å². The van der Waals surface area contributed by atoms with Crippen molar-refractivity contribution in [3.8, 4) is 0 Å². The van der Waals surface area contributed by atoms with E-state index in [4.69, 9.17) is 5.11 Å². The van der Waals surface area contributed by atoms with E-state index in [2.05, 4.69) is 29.1 Å². The van der Waals surface area contributed by atoms with Crippen molar-refractivity contribution in [2.24, 2.45) is 0 Å². The van der Waals surface area contributed by atoms with Gasteiger partial charge in [0.15, 0.2) is 0 Å². The van der Waals surface area contributed by atoms with Crippen molar-refractivity contribution in [3.63, 3.8) is 0 Å². The number of likely N-dealkylation sites (N-methyl/N-ethyl adjacent to an activating group) is 2. The molecule has 0 bridgehead atoms. The predicted molar refractivity (Wildman–Crippen MR) is 96.9 cm³/mol. The molecular weight excluding hydrogens is 292 g/mol. The maximum atomic E-state index is 10.9. The molecule has 1 atom stereocenters. The Kier molecular flexibility index (Phi) is 13.5. The van der Waals surface area contributed by atoms with Gasteiger partial charge in [-0.05, 0) is 67.1 Å². The van der Waals surface area contributed by atoms with Crippen LogP contribution in [0.25, 0.3) is 0 Å². The minimum absolute atomic E-state index is 0.0267. The van der Waals surface area contributed by atoms with Crippen LogP contribution in [-0.4, -0.2) is 106 Å². The first-order chi connectivity index (χ1) is 11.0. The molecule has 0 aliphatic carbocycles. The molecule has 0 aromatic carbocycles. The highest BCUT2D eigenvalue weighted by atomic mass is 16.3. The fourth-order valence-electron chi connectivity index (χ4n) is 2.73. The van der Waals surface area contributed by atoms with Crippen LogP contribution in [0.1, 0.15) is 26.2 Å². The molecule has 0 aromatic heterocycles. The summed E-state index contributed by atoms with van der Waals surface area (Å²) in [5.74, 6) is 0. The molecule has 1 unspecified atom stereocenters. The summed E-state index contributed by atoms with van der Waals surface area (Å²) in [6.45, 7) is 7.53. The number of aliphatic hydroxyl groups excluding tert-OH is 1. The fourth-order valence-corrected chi connectivity index (χ4v) is 2.73. The summed E-state index contributed by atoms with van der Waals surface area (Å²) in [6, 6.07) is 0.628. The van der Waals surface area contributed by atoms with E-state index in [1.807, 2.05) is 26.0 Å². The summed E-state index contributed by atoms with van der Waals surface area (Å²) >= 11 is 0. The zero-order valence-corrected chi connectivity index (χ0v) is 15.8.